The molecule has 2 aromatic heterocycles. The van der Waals surface area contributed by atoms with E-state index in [1.807, 2.05) is 60.7 Å². The summed E-state index contributed by atoms with van der Waals surface area (Å²) in [7, 11) is 3.22. The SMILES string of the molecule is COc1ccc(C2=NN(C3CCN(C(=O)[C@@H](Cc4ccccc4)NC(=O)Oc4c(C)[nH]c5c(-c6c(OCC7CC7)ccc7c6OCO7)ncnc45)CC3)C(=O)[C@@H]3CCCC[C@H]23)cc1OC. The average Bonchev–Trinajstić information content (AvgIpc) is 3.96. The Bertz CT molecular complexity index is 2640. The molecule has 0 unspecified atom stereocenters. The molecular formula is C49H53N7O9. The van der Waals surface area contributed by atoms with Crippen LogP contribution in [0.5, 0.6) is 34.5 Å². The molecule has 3 aromatic carbocycles. The van der Waals surface area contributed by atoms with Crippen LogP contribution in [0.4, 0.5) is 4.79 Å². The Morgan fingerprint density at radius 2 is 1.66 bits per heavy atom. The standard InChI is InChI=1S/C49H53N7O9/c1-28-45(44-43(52-28)42(50-26-51-44)40-37(62-25-30-13-14-30)17-18-38-46(40)64-27-63-38)65-49(59)53-35(23-29-9-5-4-6-10-29)48(58)55-21-19-32(20-22-55)56-47(57)34-12-8-7-11-33(34)41(54-56)31-15-16-36(60-2)39(24-31)61-3/h4-6,9-10,15-18,24,26,30,32-35,52H,7-8,11-14,19-23,25,27H2,1-3H3,(H,53,59)/t33-,34+,35+/m0/s1. The van der Waals surface area contributed by atoms with E-state index in [9.17, 15) is 14.4 Å². The van der Waals surface area contributed by atoms with Crippen molar-refractivity contribution in [1.82, 2.24) is 30.2 Å². The quantitative estimate of drug-likeness (QED) is 0.122. The number of ether oxygens (including phenoxy) is 6. The van der Waals surface area contributed by atoms with E-state index in [1.165, 1.54) is 6.33 Å². The molecule has 65 heavy (non-hydrogen) atoms. The molecule has 16 heteroatoms. The van der Waals surface area contributed by atoms with Crippen LogP contribution in [0.1, 0.15) is 68.2 Å². The van der Waals surface area contributed by atoms with Crippen LogP contribution >= 0.6 is 0 Å². The second-order valence-corrected chi connectivity index (χ2v) is 17.5. The third kappa shape index (κ3) is 8.37. The fourth-order valence-electron chi connectivity index (χ4n) is 9.76. The topological polar surface area (TPSA) is 179 Å². The molecule has 16 nitrogen and oxygen atoms in total. The predicted molar refractivity (Wildman–Crippen MR) is 239 cm³/mol. The smallest absolute Gasteiger partial charge is 0.413 e. The fourth-order valence-corrected chi connectivity index (χ4v) is 9.76. The summed E-state index contributed by atoms with van der Waals surface area (Å²) in [6, 6.07) is 17.9. The van der Waals surface area contributed by atoms with Gasteiger partial charge in [0.05, 0.1) is 49.4 Å². The minimum absolute atomic E-state index is 0.0256. The van der Waals surface area contributed by atoms with Gasteiger partial charge in [-0.1, -0.05) is 43.2 Å². The van der Waals surface area contributed by atoms with Crippen molar-refractivity contribution in [3.63, 3.8) is 0 Å². The lowest BCUT2D eigenvalue weighted by Crippen LogP contribution is -2.56. The van der Waals surface area contributed by atoms with E-state index in [0.717, 1.165) is 55.4 Å². The number of hydrogen-bond donors (Lipinski definition) is 2. The van der Waals surface area contributed by atoms with Crippen LogP contribution in [0.15, 0.2) is 72.1 Å². The van der Waals surface area contributed by atoms with Crippen molar-refractivity contribution in [1.29, 1.82) is 0 Å². The molecule has 0 spiro atoms. The monoisotopic (exact) mass is 883 g/mol. The largest absolute Gasteiger partial charge is 0.493 e. The summed E-state index contributed by atoms with van der Waals surface area (Å²) in [4.78, 5) is 56.9. The van der Waals surface area contributed by atoms with Crippen LogP contribution in [-0.4, -0.2) is 101 Å². The molecule has 2 N–H and O–H groups in total. The zero-order valence-corrected chi connectivity index (χ0v) is 36.8. The molecular weight excluding hydrogens is 831 g/mol. The molecule has 3 fully saturated rings. The number of hydrazone groups is 1. The molecule has 2 saturated carbocycles. The summed E-state index contributed by atoms with van der Waals surface area (Å²) in [6.07, 6.45) is 7.93. The summed E-state index contributed by atoms with van der Waals surface area (Å²) in [6.45, 7) is 3.20. The van der Waals surface area contributed by atoms with Gasteiger partial charge in [0.15, 0.2) is 28.7 Å². The van der Waals surface area contributed by atoms with E-state index < -0.39 is 12.1 Å². The Labute approximate surface area is 376 Å². The Kier molecular flexibility index (Phi) is 11.6. The molecule has 0 radical (unpaired) electrons. The van der Waals surface area contributed by atoms with E-state index in [0.29, 0.717) is 95.2 Å². The van der Waals surface area contributed by atoms with E-state index in [4.69, 9.17) is 33.5 Å². The number of aromatic nitrogens is 3. The van der Waals surface area contributed by atoms with Gasteiger partial charge >= 0.3 is 6.09 Å². The van der Waals surface area contributed by atoms with Crippen LogP contribution in [0.2, 0.25) is 0 Å². The highest BCUT2D eigenvalue weighted by molar-refractivity contribution is 6.07. The van der Waals surface area contributed by atoms with Gasteiger partial charge < -0.3 is 43.6 Å². The molecule has 5 heterocycles. The number of hydrogen-bond acceptors (Lipinski definition) is 12. The number of aryl methyl sites for hydroxylation is 1. The summed E-state index contributed by atoms with van der Waals surface area (Å²) < 4.78 is 35.1. The molecule has 338 valence electrons. The summed E-state index contributed by atoms with van der Waals surface area (Å²) >= 11 is 0. The van der Waals surface area contributed by atoms with Crippen LogP contribution in [0.3, 0.4) is 0 Å². The van der Waals surface area contributed by atoms with E-state index >= 15 is 0 Å². The van der Waals surface area contributed by atoms with Gasteiger partial charge in [0.25, 0.3) is 0 Å². The van der Waals surface area contributed by atoms with E-state index in [2.05, 4.69) is 20.3 Å². The number of nitrogens with zero attached hydrogens (tertiary/aromatic N) is 5. The second-order valence-electron chi connectivity index (χ2n) is 17.5. The number of methoxy groups -OCH3 is 2. The van der Waals surface area contributed by atoms with Gasteiger partial charge in [0, 0.05) is 36.9 Å². The summed E-state index contributed by atoms with van der Waals surface area (Å²) in [5.74, 6) is 3.35. The molecule has 5 aliphatic rings. The Morgan fingerprint density at radius 1 is 0.892 bits per heavy atom. The first-order chi connectivity index (χ1) is 31.8. The van der Waals surface area contributed by atoms with Crippen molar-refractivity contribution in [2.24, 2.45) is 22.9 Å². The maximum atomic E-state index is 14.5. The number of amides is 3. The molecule has 3 aliphatic heterocycles. The van der Waals surface area contributed by atoms with Gasteiger partial charge in [0.2, 0.25) is 18.6 Å². The normalized spacial score (nSPS) is 19.9. The average molecular weight is 884 g/mol. The first kappa shape index (κ1) is 42.1. The molecule has 3 amide bonds. The number of benzene rings is 3. The zero-order chi connectivity index (χ0) is 44.6. The first-order valence-corrected chi connectivity index (χ1v) is 22.6. The van der Waals surface area contributed by atoms with Crippen molar-refractivity contribution in [2.45, 2.75) is 76.8 Å². The Hall–Kier alpha value is -6.84. The fraction of sp³-hybridized carbons (Fsp3) is 0.429. The molecule has 0 bridgehead atoms. The number of carbonyl (C=O) groups excluding carboxylic acids is 3. The highest BCUT2D eigenvalue weighted by Crippen LogP contribution is 2.49. The number of aromatic amines is 1. The van der Waals surface area contributed by atoms with Crippen molar-refractivity contribution in [2.75, 3.05) is 40.7 Å². The predicted octanol–water partition coefficient (Wildman–Crippen LogP) is 7.21. The van der Waals surface area contributed by atoms with Crippen LogP contribution in [-0.2, 0) is 16.0 Å². The number of fused-ring (bicyclic) bond motifs is 3. The number of piperidine rings is 1. The Morgan fingerprint density at radius 3 is 2.43 bits per heavy atom. The minimum atomic E-state index is -0.943. The lowest BCUT2D eigenvalue weighted by molar-refractivity contribution is -0.143. The van der Waals surface area contributed by atoms with Crippen molar-refractivity contribution in [3.8, 4) is 45.8 Å². The lowest BCUT2D eigenvalue weighted by atomic mass is 9.73. The summed E-state index contributed by atoms with van der Waals surface area (Å²) in [5.41, 5.74) is 5.25. The van der Waals surface area contributed by atoms with Gasteiger partial charge in [-0.15, -0.1) is 0 Å². The molecule has 2 aliphatic carbocycles. The zero-order valence-electron chi connectivity index (χ0n) is 36.8. The lowest BCUT2D eigenvalue weighted by Gasteiger charge is -2.43. The number of likely N-dealkylation sites (tertiary alicyclic amines) is 1. The van der Waals surface area contributed by atoms with E-state index in [-0.39, 0.29) is 48.7 Å². The molecule has 5 aromatic rings. The van der Waals surface area contributed by atoms with Crippen molar-refractivity contribution >= 4 is 34.7 Å². The molecule has 3 atom stereocenters. The molecule has 10 rings (SSSR count). The van der Waals surface area contributed by atoms with Crippen LogP contribution < -0.4 is 33.7 Å². The maximum Gasteiger partial charge on any atom is 0.413 e. The number of rotatable bonds is 13. The van der Waals surface area contributed by atoms with Crippen LogP contribution in [0, 0.1) is 24.7 Å². The number of nitrogens with one attached hydrogen (secondary N) is 2. The van der Waals surface area contributed by atoms with Gasteiger partial charge in [-0.2, -0.15) is 5.10 Å². The highest BCUT2D eigenvalue weighted by Gasteiger charge is 2.44. The number of carbonyl (C=O) groups is 3. The summed E-state index contributed by atoms with van der Waals surface area (Å²) in [5, 5.41) is 9.69. The van der Waals surface area contributed by atoms with Gasteiger partial charge in [-0.05, 0) is 87.3 Å². The number of H-pyrrole nitrogens is 1. The van der Waals surface area contributed by atoms with Crippen molar-refractivity contribution in [3.05, 3.63) is 83.8 Å². The van der Waals surface area contributed by atoms with Crippen molar-refractivity contribution < 1.29 is 42.8 Å². The van der Waals surface area contributed by atoms with Gasteiger partial charge in [0.1, 0.15) is 29.3 Å². The van der Waals surface area contributed by atoms with Gasteiger partial charge in [-0.25, -0.2) is 19.8 Å². The third-order valence-corrected chi connectivity index (χ3v) is 13.4. The second kappa shape index (κ2) is 18.0. The minimum Gasteiger partial charge on any atom is -0.493 e. The van der Waals surface area contributed by atoms with E-state index in [1.54, 1.807) is 31.1 Å². The molecule has 1 saturated heterocycles. The van der Waals surface area contributed by atoms with Gasteiger partial charge in [-0.3, -0.25) is 9.59 Å². The maximum absolute atomic E-state index is 14.5. The first-order valence-electron chi connectivity index (χ1n) is 22.6. The van der Waals surface area contributed by atoms with Crippen LogP contribution in [0.25, 0.3) is 22.3 Å². The Balaban J connectivity index is 0.869. The third-order valence-electron chi connectivity index (χ3n) is 13.4. The highest BCUT2D eigenvalue weighted by atomic mass is 16.7.